The highest BCUT2D eigenvalue weighted by atomic mass is 16.7. The maximum Gasteiger partial charge on any atom is 0.247 e. The molecule has 152 valence electrons. The summed E-state index contributed by atoms with van der Waals surface area (Å²) in [6, 6.07) is 13.0. The lowest BCUT2D eigenvalue weighted by atomic mass is 10.1. The van der Waals surface area contributed by atoms with E-state index >= 15 is 0 Å². The lowest BCUT2D eigenvalue weighted by Crippen LogP contribution is -2.40. The van der Waals surface area contributed by atoms with Crippen LogP contribution in [0.1, 0.15) is 17.5 Å². The first-order valence-corrected chi connectivity index (χ1v) is 9.61. The van der Waals surface area contributed by atoms with Crippen LogP contribution in [0.15, 0.2) is 42.5 Å². The highest BCUT2D eigenvalue weighted by molar-refractivity contribution is 6.05. The standard InChI is InChI=1S/C22H24N2O5/c1-23(13-16-5-8-19-20(11-16)29-14-28-19)18-12-21(25)24(22(18)26)10-9-15-3-6-17(27-2)7-4-15/h3-8,11,18H,9-10,12-14H2,1-2H3/t18-/m1/s1. The number of benzene rings is 2. The van der Waals surface area contributed by atoms with E-state index in [0.29, 0.717) is 25.3 Å². The molecule has 0 aliphatic carbocycles. The van der Waals surface area contributed by atoms with Crippen LogP contribution in [0, 0.1) is 0 Å². The van der Waals surface area contributed by atoms with Crippen molar-refractivity contribution in [3.8, 4) is 17.2 Å². The number of likely N-dealkylation sites (N-methyl/N-ethyl adjacent to an activating group) is 1. The summed E-state index contributed by atoms with van der Waals surface area (Å²) in [5.74, 6) is 1.98. The zero-order valence-electron chi connectivity index (χ0n) is 16.6. The highest BCUT2D eigenvalue weighted by Gasteiger charge is 2.40. The molecule has 2 aromatic rings. The second kappa shape index (κ2) is 8.13. The van der Waals surface area contributed by atoms with Crippen LogP contribution in [0.4, 0.5) is 0 Å². The second-order valence-electron chi connectivity index (χ2n) is 7.30. The van der Waals surface area contributed by atoms with Crippen molar-refractivity contribution < 1.29 is 23.8 Å². The summed E-state index contributed by atoms with van der Waals surface area (Å²) >= 11 is 0. The fourth-order valence-corrected chi connectivity index (χ4v) is 3.72. The van der Waals surface area contributed by atoms with E-state index in [-0.39, 0.29) is 25.0 Å². The molecule has 2 heterocycles. The average molecular weight is 396 g/mol. The van der Waals surface area contributed by atoms with Crippen molar-refractivity contribution in [1.29, 1.82) is 0 Å². The Balaban J connectivity index is 1.36. The minimum Gasteiger partial charge on any atom is -0.497 e. The molecule has 0 spiro atoms. The maximum atomic E-state index is 12.9. The third-order valence-electron chi connectivity index (χ3n) is 5.40. The van der Waals surface area contributed by atoms with Gasteiger partial charge in [0, 0.05) is 13.1 Å². The zero-order valence-corrected chi connectivity index (χ0v) is 16.6. The van der Waals surface area contributed by atoms with Crippen molar-refractivity contribution in [2.24, 2.45) is 0 Å². The van der Waals surface area contributed by atoms with Crippen molar-refractivity contribution in [2.75, 3.05) is 27.5 Å². The molecule has 2 aliphatic rings. The first-order valence-electron chi connectivity index (χ1n) is 9.61. The average Bonchev–Trinajstić information content (AvgIpc) is 3.30. The van der Waals surface area contributed by atoms with Crippen molar-refractivity contribution in [3.63, 3.8) is 0 Å². The number of fused-ring (bicyclic) bond motifs is 1. The van der Waals surface area contributed by atoms with E-state index in [1.165, 1.54) is 4.90 Å². The molecule has 0 aromatic heterocycles. The Morgan fingerprint density at radius 3 is 2.55 bits per heavy atom. The predicted octanol–water partition coefficient (Wildman–Crippen LogP) is 2.23. The van der Waals surface area contributed by atoms with Crippen molar-refractivity contribution in [1.82, 2.24) is 9.80 Å². The maximum absolute atomic E-state index is 12.9. The van der Waals surface area contributed by atoms with E-state index < -0.39 is 6.04 Å². The van der Waals surface area contributed by atoms with Crippen LogP contribution < -0.4 is 14.2 Å². The summed E-state index contributed by atoms with van der Waals surface area (Å²) in [5.41, 5.74) is 2.07. The van der Waals surface area contributed by atoms with Crippen LogP contribution in [0.2, 0.25) is 0 Å². The van der Waals surface area contributed by atoms with Gasteiger partial charge in [0.15, 0.2) is 11.5 Å². The summed E-state index contributed by atoms with van der Waals surface area (Å²) in [6.45, 7) is 1.17. The summed E-state index contributed by atoms with van der Waals surface area (Å²) in [7, 11) is 3.49. The fourth-order valence-electron chi connectivity index (χ4n) is 3.72. The number of hydrogen-bond acceptors (Lipinski definition) is 6. The van der Waals surface area contributed by atoms with Gasteiger partial charge in [-0.3, -0.25) is 19.4 Å². The molecule has 0 saturated carbocycles. The number of carbonyl (C=O) groups is 2. The molecule has 0 unspecified atom stereocenters. The number of methoxy groups -OCH3 is 1. The van der Waals surface area contributed by atoms with E-state index in [2.05, 4.69) is 0 Å². The Morgan fingerprint density at radius 1 is 1.07 bits per heavy atom. The van der Waals surface area contributed by atoms with Gasteiger partial charge in [-0.15, -0.1) is 0 Å². The van der Waals surface area contributed by atoms with E-state index in [9.17, 15) is 9.59 Å². The molecule has 4 rings (SSSR count). The molecular formula is C22H24N2O5. The predicted molar refractivity (Wildman–Crippen MR) is 106 cm³/mol. The molecule has 0 radical (unpaired) electrons. The number of amides is 2. The minimum absolute atomic E-state index is 0.119. The molecule has 1 saturated heterocycles. The van der Waals surface area contributed by atoms with Crippen molar-refractivity contribution in [2.45, 2.75) is 25.4 Å². The van der Waals surface area contributed by atoms with Gasteiger partial charge in [0.2, 0.25) is 18.6 Å². The third-order valence-corrected chi connectivity index (χ3v) is 5.40. The Labute approximate surface area is 169 Å². The Morgan fingerprint density at radius 2 is 1.79 bits per heavy atom. The summed E-state index contributed by atoms with van der Waals surface area (Å²) in [4.78, 5) is 28.6. The van der Waals surface area contributed by atoms with Crippen LogP contribution in [0.25, 0.3) is 0 Å². The van der Waals surface area contributed by atoms with Gasteiger partial charge in [-0.1, -0.05) is 18.2 Å². The Hall–Kier alpha value is -3.06. The van der Waals surface area contributed by atoms with E-state index in [4.69, 9.17) is 14.2 Å². The highest BCUT2D eigenvalue weighted by Crippen LogP contribution is 2.33. The quantitative estimate of drug-likeness (QED) is 0.669. The zero-order chi connectivity index (χ0) is 20.4. The third kappa shape index (κ3) is 4.05. The summed E-state index contributed by atoms with van der Waals surface area (Å²) in [5, 5.41) is 0. The van der Waals surface area contributed by atoms with Crippen molar-refractivity contribution in [3.05, 3.63) is 53.6 Å². The van der Waals surface area contributed by atoms with Gasteiger partial charge < -0.3 is 14.2 Å². The van der Waals surface area contributed by atoms with Gasteiger partial charge in [0.1, 0.15) is 5.75 Å². The lowest BCUT2D eigenvalue weighted by molar-refractivity contribution is -0.139. The number of nitrogens with zero attached hydrogens (tertiary/aromatic N) is 2. The molecule has 2 amide bonds. The molecule has 2 aliphatic heterocycles. The van der Waals surface area contributed by atoms with Crippen LogP contribution in [-0.2, 0) is 22.6 Å². The van der Waals surface area contributed by atoms with Gasteiger partial charge in [0.25, 0.3) is 0 Å². The largest absolute Gasteiger partial charge is 0.497 e. The Kier molecular flexibility index (Phi) is 5.40. The summed E-state index contributed by atoms with van der Waals surface area (Å²) in [6.07, 6.45) is 0.836. The van der Waals surface area contributed by atoms with Crippen LogP contribution in [0.3, 0.4) is 0 Å². The van der Waals surface area contributed by atoms with Crippen LogP contribution >= 0.6 is 0 Å². The number of imide groups is 1. The van der Waals surface area contributed by atoms with Crippen molar-refractivity contribution >= 4 is 11.8 Å². The van der Waals surface area contributed by atoms with Crippen LogP contribution in [0.5, 0.6) is 17.2 Å². The fraction of sp³-hybridized carbons (Fsp3) is 0.364. The number of carbonyl (C=O) groups excluding carboxylic acids is 2. The second-order valence-corrected chi connectivity index (χ2v) is 7.30. The molecular weight excluding hydrogens is 372 g/mol. The number of hydrogen-bond donors (Lipinski definition) is 0. The number of rotatable bonds is 7. The molecule has 7 nitrogen and oxygen atoms in total. The van der Waals surface area contributed by atoms with Gasteiger partial charge in [-0.2, -0.15) is 0 Å². The molecule has 29 heavy (non-hydrogen) atoms. The van der Waals surface area contributed by atoms with E-state index in [1.807, 2.05) is 54.4 Å². The number of ether oxygens (including phenoxy) is 3. The minimum atomic E-state index is -0.441. The van der Waals surface area contributed by atoms with Gasteiger partial charge in [-0.25, -0.2) is 0 Å². The normalized spacial score (nSPS) is 18.0. The number of likely N-dealkylation sites (tertiary alicyclic amines) is 1. The smallest absolute Gasteiger partial charge is 0.247 e. The topological polar surface area (TPSA) is 68.3 Å². The van der Waals surface area contributed by atoms with Gasteiger partial charge >= 0.3 is 0 Å². The first-order chi connectivity index (χ1) is 14.0. The molecule has 0 bridgehead atoms. The van der Waals surface area contributed by atoms with E-state index in [1.54, 1.807) is 7.11 Å². The van der Waals surface area contributed by atoms with Crippen LogP contribution in [-0.4, -0.2) is 55.2 Å². The van der Waals surface area contributed by atoms with Gasteiger partial charge in [0.05, 0.1) is 19.6 Å². The van der Waals surface area contributed by atoms with Gasteiger partial charge in [-0.05, 0) is 48.9 Å². The first kappa shape index (κ1) is 19.3. The molecule has 2 aromatic carbocycles. The van der Waals surface area contributed by atoms with E-state index in [0.717, 1.165) is 22.6 Å². The molecule has 7 heteroatoms. The molecule has 1 atom stereocenters. The summed E-state index contributed by atoms with van der Waals surface area (Å²) < 4.78 is 15.9. The SMILES string of the molecule is COc1ccc(CCN2C(=O)C[C@@H](N(C)Cc3ccc4c(c3)OCO4)C2=O)cc1. The monoisotopic (exact) mass is 396 g/mol. The lowest BCUT2D eigenvalue weighted by Gasteiger charge is -2.23. The molecule has 1 fully saturated rings. The molecule has 0 N–H and O–H groups in total. The Bertz CT molecular complexity index is 912.